The molecule has 0 bridgehead atoms. The molecule has 41 heavy (non-hydrogen) atoms. The molecule has 206 valence electrons. The number of nitrogens with two attached hydrogens (primary N) is 1. The van der Waals surface area contributed by atoms with Gasteiger partial charge in [-0.25, -0.2) is 19.9 Å². The van der Waals surface area contributed by atoms with Crippen molar-refractivity contribution in [3.63, 3.8) is 0 Å². The molecule has 10 nitrogen and oxygen atoms in total. The summed E-state index contributed by atoms with van der Waals surface area (Å²) in [6.45, 7) is 0. The zero-order valence-corrected chi connectivity index (χ0v) is 22.5. The lowest BCUT2D eigenvalue weighted by Crippen LogP contribution is -2.30. The van der Waals surface area contributed by atoms with Crippen LogP contribution in [0.15, 0.2) is 79.1 Å². The molecule has 0 spiro atoms. The summed E-state index contributed by atoms with van der Waals surface area (Å²) in [6, 6.07) is 21.1. The van der Waals surface area contributed by atoms with Crippen LogP contribution in [0.25, 0.3) is 39.5 Å². The Morgan fingerprint density at radius 1 is 0.902 bits per heavy atom. The van der Waals surface area contributed by atoms with Gasteiger partial charge in [-0.1, -0.05) is 30.3 Å². The van der Waals surface area contributed by atoms with Crippen molar-refractivity contribution in [2.45, 2.75) is 25.7 Å². The Labute approximate surface area is 236 Å². The lowest BCUT2D eigenvalue weighted by molar-refractivity contribution is -0.147. The quantitative estimate of drug-likeness (QED) is 0.282. The first-order valence-electron chi connectivity index (χ1n) is 13.5. The number of amides is 1. The van der Waals surface area contributed by atoms with Crippen LogP contribution in [0.1, 0.15) is 25.7 Å². The predicted octanol–water partition coefficient (Wildman–Crippen LogP) is 5.04. The molecule has 1 fully saturated rings. The summed E-state index contributed by atoms with van der Waals surface area (Å²) >= 11 is 0. The van der Waals surface area contributed by atoms with Crippen LogP contribution in [0.2, 0.25) is 0 Å². The second kappa shape index (κ2) is 11.2. The number of benzene rings is 1. The molecule has 3 N–H and O–H groups in total. The molecule has 5 aromatic rings. The minimum Gasteiger partial charge on any atom is -0.469 e. The number of imidazole rings is 1. The van der Waals surface area contributed by atoms with E-state index in [0.29, 0.717) is 65.6 Å². The van der Waals surface area contributed by atoms with Gasteiger partial charge in [0.05, 0.1) is 36.2 Å². The molecular weight excluding hydrogens is 518 g/mol. The number of anilines is 2. The van der Waals surface area contributed by atoms with E-state index in [1.807, 2.05) is 65.2 Å². The van der Waals surface area contributed by atoms with Crippen molar-refractivity contribution in [1.82, 2.24) is 24.5 Å². The molecule has 0 radical (unpaired) electrons. The van der Waals surface area contributed by atoms with Crippen molar-refractivity contribution in [2.24, 2.45) is 11.8 Å². The second-order valence-electron chi connectivity index (χ2n) is 10.1. The SMILES string of the molecule is COC(=O)C1CCC(C(=O)Nc2ccc(-n3c(-c4cccnc4N)nc4ccc(-c5ccccc5)nc43)cn2)CC1. The van der Waals surface area contributed by atoms with Crippen LogP contribution in [0.3, 0.4) is 0 Å². The van der Waals surface area contributed by atoms with Crippen molar-refractivity contribution in [3.05, 3.63) is 79.1 Å². The lowest BCUT2D eigenvalue weighted by Gasteiger charge is -2.25. The number of hydrogen-bond donors (Lipinski definition) is 2. The Balaban J connectivity index is 1.31. The minimum atomic E-state index is -0.203. The summed E-state index contributed by atoms with van der Waals surface area (Å²) in [4.78, 5) is 43.4. The number of nitrogen functional groups attached to an aromatic ring is 1. The Morgan fingerprint density at radius 3 is 2.39 bits per heavy atom. The van der Waals surface area contributed by atoms with Gasteiger partial charge in [-0.05, 0) is 62.1 Å². The molecule has 0 atom stereocenters. The van der Waals surface area contributed by atoms with Gasteiger partial charge in [-0.3, -0.25) is 14.2 Å². The van der Waals surface area contributed by atoms with Crippen molar-refractivity contribution in [1.29, 1.82) is 0 Å². The number of carbonyl (C=O) groups is 2. The molecule has 4 aromatic heterocycles. The summed E-state index contributed by atoms with van der Waals surface area (Å²) in [5.74, 6) is 0.779. The first-order valence-corrected chi connectivity index (χ1v) is 13.5. The number of carbonyl (C=O) groups excluding carboxylic acids is 2. The van der Waals surface area contributed by atoms with E-state index in [0.717, 1.165) is 11.3 Å². The maximum atomic E-state index is 12.9. The Kier molecular flexibility index (Phi) is 7.11. The predicted molar refractivity (Wildman–Crippen MR) is 156 cm³/mol. The third kappa shape index (κ3) is 5.23. The van der Waals surface area contributed by atoms with Gasteiger partial charge in [0.1, 0.15) is 17.2 Å². The molecule has 1 aromatic carbocycles. The highest BCUT2D eigenvalue weighted by atomic mass is 16.5. The molecule has 6 rings (SSSR count). The molecule has 0 saturated heterocycles. The normalized spacial score (nSPS) is 16.8. The number of fused-ring (bicyclic) bond motifs is 1. The molecule has 0 unspecified atom stereocenters. The number of aromatic nitrogens is 5. The van der Waals surface area contributed by atoms with E-state index in [2.05, 4.69) is 15.3 Å². The van der Waals surface area contributed by atoms with Crippen LogP contribution >= 0.6 is 0 Å². The summed E-state index contributed by atoms with van der Waals surface area (Å²) in [5.41, 5.74) is 10.8. The summed E-state index contributed by atoms with van der Waals surface area (Å²) < 4.78 is 6.76. The maximum Gasteiger partial charge on any atom is 0.308 e. The van der Waals surface area contributed by atoms with Crippen LogP contribution in [0.5, 0.6) is 0 Å². The number of hydrogen-bond acceptors (Lipinski definition) is 8. The lowest BCUT2D eigenvalue weighted by atomic mass is 9.81. The maximum absolute atomic E-state index is 12.9. The van der Waals surface area contributed by atoms with Crippen LogP contribution in [-0.2, 0) is 14.3 Å². The average Bonchev–Trinajstić information content (AvgIpc) is 3.40. The third-order valence-electron chi connectivity index (χ3n) is 7.54. The van der Waals surface area contributed by atoms with E-state index in [9.17, 15) is 9.59 Å². The molecular formula is C31H29N7O3. The van der Waals surface area contributed by atoms with Gasteiger partial charge < -0.3 is 15.8 Å². The van der Waals surface area contributed by atoms with Crippen molar-refractivity contribution in [2.75, 3.05) is 18.2 Å². The number of nitrogens with one attached hydrogen (secondary N) is 1. The zero-order valence-electron chi connectivity index (χ0n) is 22.5. The van der Waals surface area contributed by atoms with Gasteiger partial charge in [0.25, 0.3) is 0 Å². The van der Waals surface area contributed by atoms with E-state index in [4.69, 9.17) is 20.4 Å². The van der Waals surface area contributed by atoms with Crippen LogP contribution in [-0.4, -0.2) is 43.5 Å². The zero-order chi connectivity index (χ0) is 28.3. The van der Waals surface area contributed by atoms with E-state index in [1.165, 1.54) is 7.11 Å². The summed E-state index contributed by atoms with van der Waals surface area (Å²) in [7, 11) is 1.40. The number of methoxy groups -OCH3 is 1. The molecule has 4 heterocycles. The number of pyridine rings is 3. The van der Waals surface area contributed by atoms with E-state index in [-0.39, 0.29) is 23.7 Å². The Hall–Kier alpha value is -5.12. The third-order valence-corrected chi connectivity index (χ3v) is 7.54. The van der Waals surface area contributed by atoms with E-state index in [1.54, 1.807) is 18.5 Å². The first kappa shape index (κ1) is 26.1. The van der Waals surface area contributed by atoms with Crippen LogP contribution in [0.4, 0.5) is 11.6 Å². The summed E-state index contributed by atoms with van der Waals surface area (Å²) in [5, 5.41) is 2.93. The van der Waals surface area contributed by atoms with Crippen molar-refractivity contribution < 1.29 is 14.3 Å². The fourth-order valence-corrected chi connectivity index (χ4v) is 5.34. The van der Waals surface area contributed by atoms with Gasteiger partial charge in [0.2, 0.25) is 5.91 Å². The van der Waals surface area contributed by atoms with Crippen LogP contribution in [0, 0.1) is 11.8 Å². The highest BCUT2D eigenvalue weighted by molar-refractivity contribution is 5.92. The standard InChI is InChI=1S/C31H29N7O3/c1-41-31(40)21-11-9-20(10-12-21)30(39)37-26-16-13-22(18-34-26)38-28(23-8-5-17-33-27(23)32)36-25-15-14-24(35-29(25)38)19-6-3-2-4-7-19/h2-8,13-18,20-21H,9-12H2,1H3,(H2,32,33)(H,34,37,39). The monoisotopic (exact) mass is 547 g/mol. The van der Waals surface area contributed by atoms with Crippen LogP contribution < -0.4 is 11.1 Å². The second-order valence-corrected chi connectivity index (χ2v) is 10.1. The van der Waals surface area contributed by atoms with E-state index < -0.39 is 0 Å². The topological polar surface area (TPSA) is 138 Å². The van der Waals surface area contributed by atoms with Crippen molar-refractivity contribution in [3.8, 4) is 28.3 Å². The number of esters is 1. The van der Waals surface area contributed by atoms with E-state index >= 15 is 0 Å². The summed E-state index contributed by atoms with van der Waals surface area (Å²) in [6.07, 6.45) is 5.87. The van der Waals surface area contributed by atoms with Crippen molar-refractivity contribution >= 4 is 34.7 Å². The van der Waals surface area contributed by atoms with Gasteiger partial charge in [-0.2, -0.15) is 0 Å². The van der Waals surface area contributed by atoms with Gasteiger partial charge in [0.15, 0.2) is 11.5 Å². The molecule has 10 heteroatoms. The van der Waals surface area contributed by atoms with Gasteiger partial charge in [0, 0.05) is 17.7 Å². The Bertz CT molecular complexity index is 1710. The highest BCUT2D eigenvalue weighted by Gasteiger charge is 2.30. The number of rotatable bonds is 6. The molecule has 1 aliphatic rings. The minimum absolute atomic E-state index is 0.0976. The Morgan fingerprint density at radius 2 is 1.68 bits per heavy atom. The smallest absolute Gasteiger partial charge is 0.308 e. The largest absolute Gasteiger partial charge is 0.469 e. The van der Waals surface area contributed by atoms with Gasteiger partial charge in [-0.15, -0.1) is 0 Å². The first-order chi connectivity index (χ1) is 20.0. The fraction of sp³-hybridized carbons (Fsp3) is 0.226. The molecule has 1 amide bonds. The number of ether oxygens (including phenoxy) is 1. The van der Waals surface area contributed by atoms with Gasteiger partial charge >= 0.3 is 5.97 Å². The molecule has 1 aliphatic carbocycles. The molecule has 0 aliphatic heterocycles. The fourth-order valence-electron chi connectivity index (χ4n) is 5.34. The average molecular weight is 548 g/mol. The molecule has 1 saturated carbocycles. The number of nitrogens with zero attached hydrogens (tertiary/aromatic N) is 5. The highest BCUT2D eigenvalue weighted by Crippen LogP contribution is 2.33.